The summed E-state index contributed by atoms with van der Waals surface area (Å²) in [5, 5.41) is 20.5. The molecule has 176 valence electrons. The second-order valence-electron chi connectivity index (χ2n) is 9.49. The highest BCUT2D eigenvalue weighted by Gasteiger charge is 2.36. The van der Waals surface area contributed by atoms with E-state index in [2.05, 4.69) is 32.8 Å². The summed E-state index contributed by atoms with van der Waals surface area (Å²) in [6, 6.07) is 5.62. The lowest BCUT2D eigenvalue weighted by molar-refractivity contribution is -0.148. The minimum Gasteiger partial charge on any atom is -0.381 e. The van der Waals surface area contributed by atoms with Gasteiger partial charge < -0.3 is 19.8 Å². The maximum atomic E-state index is 12.6. The molecule has 0 spiro atoms. The molecular formula is C24H28N8O2. The number of fused-ring (bicyclic) bond motifs is 1. The Morgan fingerprint density at radius 3 is 2.65 bits per heavy atom. The number of aliphatic hydroxyl groups is 1. The highest BCUT2D eigenvalue weighted by molar-refractivity contribution is 6.01. The SMILES string of the molecule is CC1CN(C(=O)C(C)(C)O)CCN1c1ncnc2c1c(N1CCC1)cn2-c1cc(C#N)ccn1. The van der Waals surface area contributed by atoms with E-state index in [0.29, 0.717) is 31.0 Å². The highest BCUT2D eigenvalue weighted by atomic mass is 16.3. The summed E-state index contributed by atoms with van der Waals surface area (Å²) in [5.74, 6) is 1.20. The number of anilines is 2. The van der Waals surface area contributed by atoms with Crippen LogP contribution in [0.25, 0.3) is 16.9 Å². The van der Waals surface area contributed by atoms with Crippen LogP contribution in [0.2, 0.25) is 0 Å². The van der Waals surface area contributed by atoms with Crippen LogP contribution in [0.3, 0.4) is 0 Å². The topological polar surface area (TPSA) is 114 Å². The summed E-state index contributed by atoms with van der Waals surface area (Å²) in [6.45, 7) is 8.64. The zero-order valence-corrected chi connectivity index (χ0v) is 19.6. The van der Waals surface area contributed by atoms with Crippen LogP contribution >= 0.6 is 0 Å². The van der Waals surface area contributed by atoms with Gasteiger partial charge in [-0.3, -0.25) is 9.36 Å². The summed E-state index contributed by atoms with van der Waals surface area (Å²) in [6.07, 6.45) is 6.35. The Kier molecular flexibility index (Phi) is 5.37. The first-order valence-corrected chi connectivity index (χ1v) is 11.5. The van der Waals surface area contributed by atoms with E-state index in [4.69, 9.17) is 4.98 Å². The van der Waals surface area contributed by atoms with Gasteiger partial charge in [-0.2, -0.15) is 5.26 Å². The van der Waals surface area contributed by atoms with Gasteiger partial charge in [0.05, 0.1) is 22.7 Å². The van der Waals surface area contributed by atoms with Gasteiger partial charge in [0.2, 0.25) is 0 Å². The largest absolute Gasteiger partial charge is 0.381 e. The van der Waals surface area contributed by atoms with Crippen LogP contribution in [0.1, 0.15) is 32.8 Å². The van der Waals surface area contributed by atoms with Crippen LogP contribution < -0.4 is 9.80 Å². The highest BCUT2D eigenvalue weighted by Crippen LogP contribution is 2.38. The number of hydrogen-bond acceptors (Lipinski definition) is 8. The molecule has 2 saturated heterocycles. The van der Waals surface area contributed by atoms with Gasteiger partial charge in [-0.05, 0) is 39.3 Å². The summed E-state index contributed by atoms with van der Waals surface area (Å²) in [4.78, 5) is 32.6. The Balaban J connectivity index is 1.57. The van der Waals surface area contributed by atoms with E-state index in [1.54, 1.807) is 29.6 Å². The second kappa shape index (κ2) is 8.25. The Morgan fingerprint density at radius 2 is 2.00 bits per heavy atom. The average molecular weight is 461 g/mol. The van der Waals surface area contributed by atoms with Gasteiger partial charge in [0.15, 0.2) is 5.65 Å². The Labute approximate surface area is 198 Å². The lowest BCUT2D eigenvalue weighted by atomic mass is 10.1. The van der Waals surface area contributed by atoms with E-state index < -0.39 is 5.60 Å². The molecule has 3 aromatic heterocycles. The zero-order chi connectivity index (χ0) is 24.0. The van der Waals surface area contributed by atoms with Crippen molar-refractivity contribution in [3.8, 4) is 11.9 Å². The van der Waals surface area contributed by atoms with Gasteiger partial charge in [0.25, 0.3) is 5.91 Å². The molecule has 1 atom stereocenters. The predicted molar refractivity (Wildman–Crippen MR) is 128 cm³/mol. The monoisotopic (exact) mass is 460 g/mol. The fraction of sp³-hybridized carbons (Fsp3) is 0.458. The number of pyridine rings is 1. The lowest BCUT2D eigenvalue weighted by Gasteiger charge is -2.42. The maximum Gasteiger partial charge on any atom is 0.254 e. The molecule has 1 unspecified atom stereocenters. The quantitative estimate of drug-likeness (QED) is 0.626. The van der Waals surface area contributed by atoms with Crippen molar-refractivity contribution in [3.05, 3.63) is 36.4 Å². The Morgan fingerprint density at radius 1 is 1.21 bits per heavy atom. The van der Waals surface area contributed by atoms with Crippen LogP contribution in [0.15, 0.2) is 30.9 Å². The average Bonchev–Trinajstić information content (AvgIpc) is 3.16. The standard InChI is InChI=1S/C24H28N8O2/c1-16-13-30(23(33)24(2,3)34)9-10-31(16)21-20-18(29-7-4-8-29)14-32(22(20)28-15-27-21)19-11-17(12-25)5-6-26-19/h5-6,11,14-16,34H,4,7-10,13H2,1-3H3. The van der Waals surface area contributed by atoms with Crippen molar-refractivity contribution in [2.75, 3.05) is 42.5 Å². The summed E-state index contributed by atoms with van der Waals surface area (Å²) in [5.41, 5.74) is 0.921. The molecule has 10 heteroatoms. The number of amides is 1. The molecule has 2 aliphatic heterocycles. The second-order valence-corrected chi connectivity index (χ2v) is 9.49. The number of nitrogens with zero attached hydrogens (tertiary/aromatic N) is 8. The molecule has 5 heterocycles. The van der Waals surface area contributed by atoms with Gasteiger partial charge in [-0.15, -0.1) is 0 Å². The van der Waals surface area contributed by atoms with Crippen molar-refractivity contribution in [2.24, 2.45) is 0 Å². The molecule has 0 saturated carbocycles. The first kappa shape index (κ1) is 22.1. The van der Waals surface area contributed by atoms with Crippen molar-refractivity contribution < 1.29 is 9.90 Å². The molecule has 34 heavy (non-hydrogen) atoms. The molecule has 0 radical (unpaired) electrons. The van der Waals surface area contributed by atoms with Gasteiger partial charge in [0, 0.05) is 51.2 Å². The Hall–Kier alpha value is -3.71. The van der Waals surface area contributed by atoms with Crippen LogP contribution in [0.4, 0.5) is 11.5 Å². The number of nitriles is 1. The molecule has 0 aromatic carbocycles. The molecule has 5 rings (SSSR count). The third kappa shape index (κ3) is 3.72. The van der Waals surface area contributed by atoms with Crippen LogP contribution in [0, 0.1) is 11.3 Å². The molecule has 1 amide bonds. The van der Waals surface area contributed by atoms with E-state index in [0.717, 1.165) is 42.0 Å². The third-order valence-electron chi connectivity index (χ3n) is 6.57. The fourth-order valence-corrected chi connectivity index (χ4v) is 4.68. The van der Waals surface area contributed by atoms with Gasteiger partial charge in [0.1, 0.15) is 23.6 Å². The molecular weight excluding hydrogens is 432 g/mol. The number of aromatic nitrogens is 4. The molecule has 3 aromatic rings. The number of piperazine rings is 1. The first-order valence-electron chi connectivity index (χ1n) is 11.5. The lowest BCUT2D eigenvalue weighted by Crippen LogP contribution is -2.57. The summed E-state index contributed by atoms with van der Waals surface area (Å²) in [7, 11) is 0. The van der Waals surface area contributed by atoms with Crippen molar-refractivity contribution in [2.45, 2.75) is 38.8 Å². The predicted octanol–water partition coefficient (Wildman–Crippen LogP) is 1.71. The maximum absolute atomic E-state index is 12.6. The van der Waals surface area contributed by atoms with Crippen LogP contribution in [0.5, 0.6) is 0 Å². The minimum absolute atomic E-state index is 0.00535. The van der Waals surface area contributed by atoms with E-state index in [1.807, 2.05) is 10.8 Å². The molecule has 10 nitrogen and oxygen atoms in total. The number of hydrogen-bond donors (Lipinski definition) is 1. The van der Waals surface area contributed by atoms with E-state index in [9.17, 15) is 15.2 Å². The normalized spacial score (nSPS) is 18.7. The van der Waals surface area contributed by atoms with E-state index >= 15 is 0 Å². The minimum atomic E-state index is -1.39. The zero-order valence-electron chi connectivity index (χ0n) is 19.6. The number of carbonyl (C=O) groups excluding carboxylic acids is 1. The smallest absolute Gasteiger partial charge is 0.254 e. The Bertz CT molecular complexity index is 1280. The van der Waals surface area contributed by atoms with Crippen LogP contribution in [-0.2, 0) is 4.79 Å². The molecule has 0 aliphatic carbocycles. The van der Waals surface area contributed by atoms with Crippen LogP contribution in [-0.4, -0.2) is 79.8 Å². The first-order chi connectivity index (χ1) is 16.3. The van der Waals surface area contributed by atoms with Gasteiger partial charge in [-0.25, -0.2) is 15.0 Å². The van der Waals surface area contributed by atoms with E-state index in [-0.39, 0.29) is 11.9 Å². The summed E-state index contributed by atoms with van der Waals surface area (Å²) < 4.78 is 1.92. The van der Waals surface area contributed by atoms with Gasteiger partial charge >= 0.3 is 0 Å². The van der Waals surface area contributed by atoms with Crippen molar-refractivity contribution in [1.29, 1.82) is 5.26 Å². The number of rotatable bonds is 4. The molecule has 0 bridgehead atoms. The van der Waals surface area contributed by atoms with Gasteiger partial charge in [-0.1, -0.05) is 0 Å². The van der Waals surface area contributed by atoms with Crippen molar-refractivity contribution in [3.63, 3.8) is 0 Å². The number of carbonyl (C=O) groups is 1. The molecule has 2 fully saturated rings. The van der Waals surface area contributed by atoms with Crippen molar-refractivity contribution >= 4 is 28.4 Å². The molecule has 2 aliphatic rings. The summed E-state index contributed by atoms with van der Waals surface area (Å²) >= 11 is 0. The third-order valence-corrected chi connectivity index (χ3v) is 6.57. The molecule has 1 N–H and O–H groups in total. The fourth-order valence-electron chi connectivity index (χ4n) is 4.68. The van der Waals surface area contributed by atoms with E-state index in [1.165, 1.54) is 13.8 Å². The van der Waals surface area contributed by atoms with Crippen molar-refractivity contribution in [1.82, 2.24) is 24.4 Å².